The van der Waals surface area contributed by atoms with E-state index in [4.69, 9.17) is 9.47 Å². The van der Waals surface area contributed by atoms with Crippen molar-refractivity contribution >= 4 is 11.9 Å². The monoisotopic (exact) mass is 476 g/mol. The number of carbonyl (C=O) groups is 2. The van der Waals surface area contributed by atoms with Gasteiger partial charge in [-0.25, -0.2) is 4.79 Å². The number of ether oxygens (including phenoxy) is 2. The van der Waals surface area contributed by atoms with E-state index >= 15 is 0 Å². The van der Waals surface area contributed by atoms with E-state index in [1.54, 1.807) is 19.2 Å². The first-order chi connectivity index (χ1) is 16.9. The number of benzene rings is 2. The Bertz CT molecular complexity index is 1090. The summed E-state index contributed by atoms with van der Waals surface area (Å²) in [6.45, 7) is 4.21. The molecule has 1 saturated carbocycles. The Hall–Kier alpha value is -2.86. The van der Waals surface area contributed by atoms with Gasteiger partial charge in [-0.2, -0.15) is 0 Å². The van der Waals surface area contributed by atoms with Crippen LogP contribution in [0.3, 0.4) is 0 Å². The molecular weight excluding hydrogens is 440 g/mol. The number of esters is 1. The normalized spacial score (nSPS) is 25.5. The minimum absolute atomic E-state index is 0.00788. The molecule has 2 bridgehead atoms. The Morgan fingerprint density at radius 2 is 1.89 bits per heavy atom. The largest absolute Gasteiger partial charge is 0.497 e. The molecule has 1 saturated heterocycles. The molecule has 5 rings (SSSR count). The standard InChI is InChI=1S/C29H36N2O4/c1-19-26-17-22-8-11-24(34-2)18-25(22)29(19,13-15-31(26)23-9-10-23)12-14-30-27(32)16-20-4-6-21(7-5-20)28(33)35-3/h4-8,11,18-19,23,26H,9-10,12-17H2,1-3H3,(H,30,32)/t19-,26+,29+/m0/s1. The van der Waals surface area contributed by atoms with Gasteiger partial charge < -0.3 is 14.8 Å². The van der Waals surface area contributed by atoms with Gasteiger partial charge in [0.15, 0.2) is 0 Å². The SMILES string of the molecule is COC(=O)c1ccc(CC(=O)NCC[C@]23CCN(C4CC4)[C@H](Cc4ccc(OC)cc42)[C@@H]3C)cc1. The van der Waals surface area contributed by atoms with Crippen LogP contribution >= 0.6 is 0 Å². The van der Waals surface area contributed by atoms with Gasteiger partial charge in [-0.15, -0.1) is 0 Å². The van der Waals surface area contributed by atoms with Crippen LogP contribution in [0.4, 0.5) is 0 Å². The van der Waals surface area contributed by atoms with Crippen LogP contribution in [-0.4, -0.2) is 56.2 Å². The van der Waals surface area contributed by atoms with Gasteiger partial charge in [-0.1, -0.05) is 25.1 Å². The van der Waals surface area contributed by atoms with Gasteiger partial charge in [0, 0.05) is 24.0 Å². The van der Waals surface area contributed by atoms with Crippen LogP contribution in [0.5, 0.6) is 5.75 Å². The molecule has 3 atom stereocenters. The molecule has 0 spiro atoms. The molecular formula is C29H36N2O4. The molecule has 1 aliphatic heterocycles. The Labute approximate surface area is 208 Å². The maximum absolute atomic E-state index is 12.7. The fourth-order valence-electron chi connectivity index (χ4n) is 6.50. The van der Waals surface area contributed by atoms with E-state index in [1.165, 1.54) is 31.1 Å². The van der Waals surface area contributed by atoms with Crippen molar-refractivity contribution in [2.24, 2.45) is 5.92 Å². The second-order valence-corrected chi connectivity index (χ2v) is 10.4. The summed E-state index contributed by atoms with van der Waals surface area (Å²) in [7, 11) is 3.10. The maximum atomic E-state index is 12.7. The zero-order chi connectivity index (χ0) is 24.6. The lowest BCUT2D eigenvalue weighted by atomic mass is 9.56. The summed E-state index contributed by atoms with van der Waals surface area (Å²) in [6.07, 6.45) is 6.12. The molecule has 2 aromatic carbocycles. The highest BCUT2D eigenvalue weighted by atomic mass is 16.5. The lowest BCUT2D eigenvalue weighted by Crippen LogP contribution is -2.60. The smallest absolute Gasteiger partial charge is 0.337 e. The van der Waals surface area contributed by atoms with Gasteiger partial charge in [0.1, 0.15) is 5.75 Å². The van der Waals surface area contributed by atoms with Crippen molar-refractivity contribution in [1.29, 1.82) is 0 Å². The highest BCUT2D eigenvalue weighted by Gasteiger charge is 2.53. The topological polar surface area (TPSA) is 67.9 Å². The Balaban J connectivity index is 1.28. The van der Waals surface area contributed by atoms with Crippen molar-refractivity contribution in [3.63, 3.8) is 0 Å². The van der Waals surface area contributed by atoms with Gasteiger partial charge in [0.2, 0.25) is 5.91 Å². The summed E-state index contributed by atoms with van der Waals surface area (Å²) < 4.78 is 10.3. The number of nitrogens with zero attached hydrogens (tertiary/aromatic N) is 1. The molecule has 0 aromatic heterocycles. The Morgan fingerprint density at radius 3 is 2.57 bits per heavy atom. The molecule has 0 radical (unpaired) electrons. The van der Waals surface area contributed by atoms with E-state index in [1.807, 2.05) is 12.1 Å². The van der Waals surface area contributed by atoms with Crippen molar-refractivity contribution in [3.8, 4) is 5.75 Å². The number of rotatable bonds is 8. The van der Waals surface area contributed by atoms with Crippen molar-refractivity contribution in [3.05, 3.63) is 64.7 Å². The summed E-state index contributed by atoms with van der Waals surface area (Å²) in [5.74, 6) is 1.08. The number of hydrogen-bond acceptors (Lipinski definition) is 5. The number of hydrogen-bond donors (Lipinski definition) is 1. The highest BCUT2D eigenvalue weighted by molar-refractivity contribution is 5.89. The average Bonchev–Trinajstić information content (AvgIpc) is 3.71. The zero-order valence-electron chi connectivity index (χ0n) is 21.0. The van der Waals surface area contributed by atoms with Crippen molar-refractivity contribution in [2.75, 3.05) is 27.3 Å². The maximum Gasteiger partial charge on any atom is 0.337 e. The fraction of sp³-hybridized carbons (Fsp3) is 0.517. The third-order valence-corrected chi connectivity index (χ3v) is 8.62. The molecule has 1 amide bonds. The van der Waals surface area contributed by atoms with E-state index in [9.17, 15) is 9.59 Å². The summed E-state index contributed by atoms with van der Waals surface area (Å²) in [4.78, 5) is 27.1. The fourth-order valence-corrected chi connectivity index (χ4v) is 6.50. The molecule has 1 N–H and O–H groups in total. The number of amides is 1. The van der Waals surface area contributed by atoms with Crippen LogP contribution in [0.2, 0.25) is 0 Å². The molecule has 2 fully saturated rings. The minimum Gasteiger partial charge on any atom is -0.497 e. The van der Waals surface area contributed by atoms with E-state index in [2.05, 4.69) is 35.3 Å². The molecule has 6 nitrogen and oxygen atoms in total. The molecule has 2 aliphatic carbocycles. The number of likely N-dealkylation sites (tertiary alicyclic amines) is 1. The van der Waals surface area contributed by atoms with Crippen LogP contribution in [-0.2, 0) is 27.8 Å². The molecule has 1 heterocycles. The third kappa shape index (κ3) is 4.56. The molecule has 186 valence electrons. The summed E-state index contributed by atoms with van der Waals surface area (Å²) >= 11 is 0. The number of nitrogens with one attached hydrogen (secondary N) is 1. The first kappa shape index (κ1) is 23.9. The lowest BCUT2D eigenvalue weighted by molar-refractivity contribution is -0.120. The zero-order valence-corrected chi connectivity index (χ0v) is 21.0. The van der Waals surface area contributed by atoms with Gasteiger partial charge in [-0.05, 0) is 85.5 Å². The number of carbonyl (C=O) groups excluding carboxylic acids is 2. The van der Waals surface area contributed by atoms with Crippen LogP contribution in [0.1, 0.15) is 59.7 Å². The lowest BCUT2D eigenvalue weighted by Gasteiger charge is -2.56. The number of methoxy groups -OCH3 is 2. The number of piperidine rings is 1. The van der Waals surface area contributed by atoms with Crippen LogP contribution in [0.15, 0.2) is 42.5 Å². The van der Waals surface area contributed by atoms with Crippen LogP contribution in [0, 0.1) is 5.92 Å². The second-order valence-electron chi connectivity index (χ2n) is 10.4. The predicted octanol–water partition coefficient (Wildman–Crippen LogP) is 3.90. The molecule has 2 aromatic rings. The molecule has 3 aliphatic rings. The van der Waals surface area contributed by atoms with Gasteiger partial charge in [0.25, 0.3) is 0 Å². The van der Waals surface area contributed by atoms with Crippen LogP contribution < -0.4 is 10.1 Å². The van der Waals surface area contributed by atoms with E-state index < -0.39 is 0 Å². The van der Waals surface area contributed by atoms with E-state index in [0.29, 0.717) is 30.5 Å². The molecule has 6 heteroatoms. The summed E-state index contributed by atoms with van der Waals surface area (Å²) in [5.41, 5.74) is 4.28. The van der Waals surface area contributed by atoms with Gasteiger partial charge in [0.05, 0.1) is 26.2 Å². The van der Waals surface area contributed by atoms with Crippen LogP contribution in [0.25, 0.3) is 0 Å². The predicted molar refractivity (Wildman–Crippen MR) is 135 cm³/mol. The molecule has 35 heavy (non-hydrogen) atoms. The third-order valence-electron chi connectivity index (χ3n) is 8.62. The van der Waals surface area contributed by atoms with E-state index in [-0.39, 0.29) is 17.3 Å². The Kier molecular flexibility index (Phi) is 6.58. The number of fused-ring (bicyclic) bond motifs is 4. The highest BCUT2D eigenvalue weighted by Crippen LogP contribution is 2.53. The van der Waals surface area contributed by atoms with Gasteiger partial charge >= 0.3 is 5.97 Å². The van der Waals surface area contributed by atoms with Crippen molar-refractivity contribution < 1.29 is 19.1 Å². The molecule has 0 unspecified atom stereocenters. The second kappa shape index (κ2) is 9.65. The first-order valence-corrected chi connectivity index (χ1v) is 12.8. The van der Waals surface area contributed by atoms with Crippen molar-refractivity contribution in [1.82, 2.24) is 10.2 Å². The van der Waals surface area contributed by atoms with Gasteiger partial charge in [-0.3, -0.25) is 9.69 Å². The average molecular weight is 477 g/mol. The quantitative estimate of drug-likeness (QED) is 0.586. The first-order valence-electron chi connectivity index (χ1n) is 12.8. The minimum atomic E-state index is -0.371. The Morgan fingerprint density at radius 1 is 1.11 bits per heavy atom. The van der Waals surface area contributed by atoms with E-state index in [0.717, 1.165) is 43.2 Å². The van der Waals surface area contributed by atoms with Crippen molar-refractivity contribution in [2.45, 2.75) is 62.9 Å². The summed E-state index contributed by atoms with van der Waals surface area (Å²) in [5, 5.41) is 3.18. The summed E-state index contributed by atoms with van der Waals surface area (Å²) in [6, 6.07) is 15.0.